The summed E-state index contributed by atoms with van der Waals surface area (Å²) in [5.41, 5.74) is 0.134. The molecule has 0 unspecified atom stereocenters. The van der Waals surface area contributed by atoms with E-state index in [1.54, 1.807) is 6.92 Å². The lowest BCUT2D eigenvalue weighted by Gasteiger charge is -2.12. The zero-order chi connectivity index (χ0) is 15.9. The molecule has 0 aliphatic rings. The molecule has 118 valence electrons. The molecular formula is C10H16N3O6PS. The van der Waals surface area contributed by atoms with Gasteiger partial charge in [-0.15, -0.1) is 11.3 Å². The Labute approximate surface area is 125 Å². The Balaban J connectivity index is 2.97. The minimum Gasteiger partial charge on any atom is -0.461 e. The van der Waals surface area contributed by atoms with Crippen LogP contribution in [0.3, 0.4) is 0 Å². The molecule has 0 fully saturated rings. The number of carbonyl (C=O) groups excluding carboxylic acids is 1. The van der Waals surface area contributed by atoms with Gasteiger partial charge in [0, 0.05) is 19.6 Å². The Morgan fingerprint density at radius 3 is 2.62 bits per heavy atom. The van der Waals surface area contributed by atoms with E-state index >= 15 is 0 Å². The van der Waals surface area contributed by atoms with Gasteiger partial charge in [0.25, 0.3) is 0 Å². The standard InChI is InChI=1S/C10H16N3O6PS/c1-5-19-9(14)8(12-16-2)7-6-21-10(11-7)13-20(15,17-3)18-4/h6H,5H2,1-4H3,(H,11,13,15). The molecule has 1 aromatic heterocycles. The van der Waals surface area contributed by atoms with Gasteiger partial charge < -0.3 is 9.57 Å². The molecule has 21 heavy (non-hydrogen) atoms. The SMILES string of the molecule is CCOC(=O)C(=NOC)c1csc(NP(=O)(OC)OC)n1. The van der Waals surface area contributed by atoms with Crippen LogP contribution in [0.15, 0.2) is 10.5 Å². The molecule has 9 nitrogen and oxygen atoms in total. The highest BCUT2D eigenvalue weighted by molar-refractivity contribution is 7.56. The van der Waals surface area contributed by atoms with E-state index in [9.17, 15) is 9.36 Å². The predicted octanol–water partition coefficient (Wildman–Crippen LogP) is 1.87. The van der Waals surface area contributed by atoms with Gasteiger partial charge in [0.2, 0.25) is 5.71 Å². The summed E-state index contributed by atoms with van der Waals surface area (Å²) in [6, 6.07) is 0. The first-order valence-corrected chi connectivity index (χ1v) is 8.15. The van der Waals surface area contributed by atoms with Crippen molar-refractivity contribution in [1.29, 1.82) is 0 Å². The maximum atomic E-state index is 11.9. The fourth-order valence-electron chi connectivity index (χ4n) is 1.20. The van der Waals surface area contributed by atoms with Gasteiger partial charge in [0.1, 0.15) is 12.8 Å². The van der Waals surface area contributed by atoms with Crippen LogP contribution in [0, 0.1) is 0 Å². The topological polar surface area (TPSA) is 108 Å². The molecule has 0 spiro atoms. The van der Waals surface area contributed by atoms with Crippen molar-refractivity contribution in [2.45, 2.75) is 6.92 Å². The van der Waals surface area contributed by atoms with E-state index in [1.165, 1.54) is 26.7 Å². The minimum atomic E-state index is -3.46. The number of hydrogen-bond donors (Lipinski definition) is 1. The second-order valence-corrected chi connectivity index (χ2v) is 6.16. The highest BCUT2D eigenvalue weighted by Gasteiger charge is 2.25. The molecule has 0 aromatic carbocycles. The van der Waals surface area contributed by atoms with Gasteiger partial charge in [0.05, 0.1) is 6.61 Å². The van der Waals surface area contributed by atoms with Crippen molar-refractivity contribution in [3.63, 3.8) is 0 Å². The first kappa shape index (κ1) is 17.6. The highest BCUT2D eigenvalue weighted by atomic mass is 32.1. The summed E-state index contributed by atoms with van der Waals surface area (Å²) >= 11 is 1.10. The first-order valence-electron chi connectivity index (χ1n) is 5.73. The molecule has 0 saturated carbocycles. The molecule has 1 rings (SSSR count). The molecule has 0 atom stereocenters. The lowest BCUT2D eigenvalue weighted by Crippen LogP contribution is -2.19. The van der Waals surface area contributed by atoms with Crippen LogP contribution in [-0.4, -0.2) is 44.6 Å². The van der Waals surface area contributed by atoms with E-state index in [0.717, 1.165) is 11.3 Å². The smallest absolute Gasteiger partial charge is 0.433 e. The Morgan fingerprint density at radius 1 is 1.43 bits per heavy atom. The van der Waals surface area contributed by atoms with Crippen molar-refractivity contribution in [1.82, 2.24) is 4.98 Å². The van der Waals surface area contributed by atoms with Gasteiger partial charge in [-0.25, -0.2) is 14.3 Å². The summed E-state index contributed by atoms with van der Waals surface area (Å²) in [6.45, 7) is 1.86. The Kier molecular flexibility index (Phi) is 6.76. The Morgan fingerprint density at radius 2 is 2.10 bits per heavy atom. The molecule has 0 bridgehead atoms. The van der Waals surface area contributed by atoms with E-state index in [-0.39, 0.29) is 23.1 Å². The second kappa shape index (κ2) is 8.08. The highest BCUT2D eigenvalue weighted by Crippen LogP contribution is 2.46. The van der Waals surface area contributed by atoms with Crippen molar-refractivity contribution >= 4 is 35.9 Å². The molecule has 0 amide bonds. The van der Waals surface area contributed by atoms with Crippen molar-refractivity contribution in [2.24, 2.45) is 5.16 Å². The van der Waals surface area contributed by atoms with Crippen LogP contribution >= 0.6 is 19.1 Å². The summed E-state index contributed by atoms with van der Waals surface area (Å²) in [4.78, 5) is 20.4. The van der Waals surface area contributed by atoms with Gasteiger partial charge in [0.15, 0.2) is 5.13 Å². The molecule has 0 aliphatic carbocycles. The Hall–Kier alpha value is -1.48. The van der Waals surface area contributed by atoms with Crippen molar-refractivity contribution in [3.05, 3.63) is 11.1 Å². The van der Waals surface area contributed by atoms with Gasteiger partial charge in [-0.2, -0.15) is 0 Å². The fourth-order valence-corrected chi connectivity index (χ4v) is 2.90. The number of esters is 1. The molecule has 0 radical (unpaired) electrons. The monoisotopic (exact) mass is 337 g/mol. The van der Waals surface area contributed by atoms with Crippen molar-refractivity contribution < 1.29 is 28.0 Å². The molecule has 0 aliphatic heterocycles. The summed E-state index contributed by atoms with van der Waals surface area (Å²) < 4.78 is 26.3. The number of oxime groups is 1. The van der Waals surface area contributed by atoms with Gasteiger partial charge >= 0.3 is 13.7 Å². The third kappa shape index (κ3) is 4.78. The van der Waals surface area contributed by atoms with Gasteiger partial charge in [-0.05, 0) is 6.92 Å². The lowest BCUT2D eigenvalue weighted by atomic mass is 10.3. The number of ether oxygens (including phenoxy) is 1. The zero-order valence-corrected chi connectivity index (χ0v) is 13.7. The lowest BCUT2D eigenvalue weighted by molar-refractivity contribution is -0.135. The average Bonchev–Trinajstić information content (AvgIpc) is 2.92. The number of carbonyl (C=O) groups is 1. The normalized spacial score (nSPS) is 12.1. The predicted molar refractivity (Wildman–Crippen MR) is 77.5 cm³/mol. The van der Waals surface area contributed by atoms with Crippen LogP contribution in [0.4, 0.5) is 5.13 Å². The number of aromatic nitrogens is 1. The second-order valence-electron chi connectivity index (χ2n) is 3.36. The summed E-state index contributed by atoms with van der Waals surface area (Å²) in [5.74, 6) is -0.669. The number of thiazole rings is 1. The van der Waals surface area contributed by atoms with E-state index in [4.69, 9.17) is 13.8 Å². The average molecular weight is 337 g/mol. The van der Waals surface area contributed by atoms with E-state index in [2.05, 4.69) is 20.1 Å². The van der Waals surface area contributed by atoms with E-state index in [1.807, 2.05) is 0 Å². The maximum absolute atomic E-state index is 11.9. The van der Waals surface area contributed by atoms with Crippen LogP contribution in [0.1, 0.15) is 12.6 Å². The van der Waals surface area contributed by atoms with Crippen molar-refractivity contribution in [3.8, 4) is 0 Å². The van der Waals surface area contributed by atoms with Crippen molar-refractivity contribution in [2.75, 3.05) is 33.0 Å². The Bertz CT molecular complexity index is 553. The molecular weight excluding hydrogens is 321 g/mol. The van der Waals surface area contributed by atoms with E-state index < -0.39 is 13.7 Å². The number of hydrogen-bond acceptors (Lipinski definition) is 9. The summed E-state index contributed by atoms with van der Waals surface area (Å²) in [7, 11) is 0.316. The van der Waals surface area contributed by atoms with Crippen LogP contribution < -0.4 is 5.09 Å². The number of nitrogens with one attached hydrogen (secondary N) is 1. The minimum absolute atomic E-state index is 0.0895. The van der Waals surface area contributed by atoms with Crippen LogP contribution in [0.5, 0.6) is 0 Å². The zero-order valence-electron chi connectivity index (χ0n) is 12.0. The summed E-state index contributed by atoms with van der Waals surface area (Å²) in [5, 5.41) is 7.88. The van der Waals surface area contributed by atoms with Crippen LogP contribution in [0.25, 0.3) is 0 Å². The largest absolute Gasteiger partial charge is 0.461 e. The quantitative estimate of drug-likeness (QED) is 0.331. The van der Waals surface area contributed by atoms with Gasteiger partial charge in [-0.3, -0.25) is 14.1 Å². The number of rotatable bonds is 8. The third-order valence-corrected chi connectivity index (χ3v) is 4.47. The number of nitrogens with zero attached hydrogens (tertiary/aromatic N) is 2. The number of anilines is 1. The molecule has 1 heterocycles. The molecule has 0 saturated heterocycles. The molecule has 11 heteroatoms. The fraction of sp³-hybridized carbons (Fsp3) is 0.500. The third-order valence-electron chi connectivity index (χ3n) is 2.11. The molecule has 1 aromatic rings. The van der Waals surface area contributed by atoms with E-state index in [0.29, 0.717) is 0 Å². The molecule has 1 N–H and O–H groups in total. The van der Waals surface area contributed by atoms with Gasteiger partial charge in [-0.1, -0.05) is 5.16 Å². The van der Waals surface area contributed by atoms with Crippen LogP contribution in [-0.2, 0) is 28.0 Å². The van der Waals surface area contributed by atoms with Crippen LogP contribution in [0.2, 0.25) is 0 Å². The summed E-state index contributed by atoms with van der Waals surface area (Å²) in [6.07, 6.45) is 0. The first-order chi connectivity index (χ1) is 9.99. The maximum Gasteiger partial charge on any atom is 0.433 e.